The van der Waals surface area contributed by atoms with Gasteiger partial charge in [-0.25, -0.2) is 4.39 Å². The van der Waals surface area contributed by atoms with E-state index < -0.39 is 0 Å². The number of nitrogens with one attached hydrogen (secondary N) is 1. The highest BCUT2D eigenvalue weighted by atomic mass is 19.1. The second kappa shape index (κ2) is 5.97. The molecule has 1 heterocycles. The number of nitrogens with zero attached hydrogens (tertiary/aromatic N) is 2. The first kappa shape index (κ1) is 13.7. The minimum atomic E-state index is -0.167. The van der Waals surface area contributed by atoms with Crippen molar-refractivity contribution in [3.63, 3.8) is 0 Å². The van der Waals surface area contributed by atoms with E-state index in [-0.39, 0.29) is 5.82 Å². The monoisotopic (exact) mass is 261 g/mol. The van der Waals surface area contributed by atoms with Crippen LogP contribution >= 0.6 is 0 Å². The van der Waals surface area contributed by atoms with Crippen molar-refractivity contribution >= 4 is 0 Å². The lowest BCUT2D eigenvalue weighted by Gasteiger charge is -2.10. The lowest BCUT2D eigenvalue weighted by molar-refractivity contribution is 0.553. The van der Waals surface area contributed by atoms with E-state index in [9.17, 15) is 4.39 Å². The van der Waals surface area contributed by atoms with Crippen LogP contribution in [0.5, 0.6) is 0 Å². The van der Waals surface area contributed by atoms with Gasteiger partial charge in [0.05, 0.1) is 6.20 Å². The van der Waals surface area contributed by atoms with Crippen LogP contribution in [0.2, 0.25) is 0 Å². The van der Waals surface area contributed by atoms with Crippen molar-refractivity contribution in [3.8, 4) is 11.1 Å². The van der Waals surface area contributed by atoms with Crippen LogP contribution in [0.25, 0.3) is 11.1 Å². The molecule has 0 bridgehead atoms. The predicted octanol–water partition coefficient (Wildman–Crippen LogP) is 3.21. The van der Waals surface area contributed by atoms with Crippen molar-refractivity contribution in [2.45, 2.75) is 39.9 Å². The van der Waals surface area contributed by atoms with E-state index in [1.165, 1.54) is 6.07 Å². The summed E-state index contributed by atoms with van der Waals surface area (Å²) >= 11 is 0. The fourth-order valence-electron chi connectivity index (χ4n) is 1.89. The molecule has 0 unspecified atom stereocenters. The van der Waals surface area contributed by atoms with Crippen molar-refractivity contribution in [1.29, 1.82) is 0 Å². The molecular weight excluding hydrogens is 241 g/mol. The predicted molar refractivity (Wildman–Crippen MR) is 75.3 cm³/mol. The first-order valence-electron chi connectivity index (χ1n) is 6.64. The molecule has 0 aliphatic heterocycles. The Morgan fingerprint density at radius 3 is 2.74 bits per heavy atom. The first-order chi connectivity index (χ1) is 9.10. The topological polar surface area (TPSA) is 29.9 Å². The molecule has 0 spiro atoms. The molecule has 4 heteroatoms. The standard InChI is InChI=1S/C15H20FN3/c1-4-19-10-14(9-18-19)12-5-6-15(16)13(7-12)8-17-11(2)3/h5-7,9-11,17H,4,8H2,1-3H3. The second-order valence-electron chi connectivity index (χ2n) is 4.93. The van der Waals surface area contributed by atoms with Gasteiger partial charge in [0.2, 0.25) is 0 Å². The average Bonchev–Trinajstić information content (AvgIpc) is 2.86. The largest absolute Gasteiger partial charge is 0.310 e. The average molecular weight is 261 g/mol. The summed E-state index contributed by atoms with van der Waals surface area (Å²) in [5.74, 6) is -0.167. The van der Waals surface area contributed by atoms with Gasteiger partial charge in [0.1, 0.15) is 5.82 Å². The highest BCUT2D eigenvalue weighted by Gasteiger charge is 2.07. The minimum absolute atomic E-state index is 0.167. The summed E-state index contributed by atoms with van der Waals surface area (Å²) in [7, 11) is 0. The summed E-state index contributed by atoms with van der Waals surface area (Å²) < 4.78 is 15.6. The quantitative estimate of drug-likeness (QED) is 0.895. The summed E-state index contributed by atoms with van der Waals surface area (Å²) in [5, 5.41) is 7.48. The number of hydrogen-bond acceptors (Lipinski definition) is 2. The van der Waals surface area contributed by atoms with Gasteiger partial charge in [0, 0.05) is 36.5 Å². The Hall–Kier alpha value is -1.68. The zero-order valence-corrected chi connectivity index (χ0v) is 11.7. The van der Waals surface area contributed by atoms with Crippen molar-refractivity contribution in [3.05, 3.63) is 42.0 Å². The number of rotatable bonds is 5. The van der Waals surface area contributed by atoms with Crippen molar-refractivity contribution in [2.24, 2.45) is 0 Å². The van der Waals surface area contributed by atoms with E-state index >= 15 is 0 Å². The van der Waals surface area contributed by atoms with E-state index in [0.717, 1.165) is 17.7 Å². The Labute approximate surface area is 113 Å². The second-order valence-corrected chi connectivity index (χ2v) is 4.93. The van der Waals surface area contributed by atoms with Gasteiger partial charge in [-0.05, 0) is 24.6 Å². The van der Waals surface area contributed by atoms with E-state index in [1.807, 2.05) is 43.9 Å². The van der Waals surface area contributed by atoms with Crippen LogP contribution in [0.15, 0.2) is 30.6 Å². The lowest BCUT2D eigenvalue weighted by Crippen LogP contribution is -2.22. The minimum Gasteiger partial charge on any atom is -0.310 e. The van der Waals surface area contributed by atoms with Crippen LogP contribution in [0.4, 0.5) is 4.39 Å². The van der Waals surface area contributed by atoms with Gasteiger partial charge in [0.15, 0.2) is 0 Å². The molecule has 102 valence electrons. The Kier molecular flexibility index (Phi) is 4.32. The third-order valence-corrected chi connectivity index (χ3v) is 3.04. The third-order valence-electron chi connectivity index (χ3n) is 3.04. The molecule has 1 N–H and O–H groups in total. The number of aromatic nitrogens is 2. The van der Waals surface area contributed by atoms with Gasteiger partial charge >= 0.3 is 0 Å². The van der Waals surface area contributed by atoms with Gasteiger partial charge in [-0.2, -0.15) is 5.10 Å². The summed E-state index contributed by atoms with van der Waals surface area (Å²) in [5.41, 5.74) is 2.71. The third kappa shape index (κ3) is 3.41. The molecular formula is C15H20FN3. The molecule has 0 aliphatic rings. The normalized spacial score (nSPS) is 11.2. The molecule has 0 saturated heterocycles. The Bertz CT molecular complexity index is 546. The molecule has 0 aliphatic carbocycles. The molecule has 19 heavy (non-hydrogen) atoms. The van der Waals surface area contributed by atoms with Crippen molar-refractivity contribution < 1.29 is 4.39 Å². The number of halogens is 1. The van der Waals surface area contributed by atoms with E-state index in [4.69, 9.17) is 0 Å². The van der Waals surface area contributed by atoms with Gasteiger partial charge in [-0.15, -0.1) is 0 Å². The summed E-state index contributed by atoms with van der Waals surface area (Å²) in [6.45, 7) is 7.52. The summed E-state index contributed by atoms with van der Waals surface area (Å²) in [6.07, 6.45) is 3.79. The SMILES string of the molecule is CCn1cc(-c2ccc(F)c(CNC(C)C)c2)cn1. The zero-order valence-electron chi connectivity index (χ0n) is 11.7. The fourth-order valence-corrected chi connectivity index (χ4v) is 1.89. The fraction of sp³-hybridized carbons (Fsp3) is 0.400. The number of hydrogen-bond donors (Lipinski definition) is 1. The highest BCUT2D eigenvalue weighted by molar-refractivity contribution is 5.62. The number of benzene rings is 1. The molecule has 0 amide bonds. The molecule has 2 rings (SSSR count). The van der Waals surface area contributed by atoms with Crippen molar-refractivity contribution in [2.75, 3.05) is 0 Å². The van der Waals surface area contributed by atoms with Crippen molar-refractivity contribution in [1.82, 2.24) is 15.1 Å². The van der Waals surface area contributed by atoms with Crippen LogP contribution < -0.4 is 5.32 Å². The number of aryl methyl sites for hydroxylation is 1. The Balaban J connectivity index is 2.24. The highest BCUT2D eigenvalue weighted by Crippen LogP contribution is 2.21. The summed E-state index contributed by atoms with van der Waals surface area (Å²) in [4.78, 5) is 0. The van der Waals surface area contributed by atoms with Crippen LogP contribution in [-0.2, 0) is 13.1 Å². The van der Waals surface area contributed by atoms with Gasteiger partial charge in [0.25, 0.3) is 0 Å². The van der Waals surface area contributed by atoms with Crippen LogP contribution in [-0.4, -0.2) is 15.8 Å². The maximum Gasteiger partial charge on any atom is 0.127 e. The molecule has 1 aromatic heterocycles. The molecule has 0 fully saturated rings. The first-order valence-corrected chi connectivity index (χ1v) is 6.64. The molecule has 1 aromatic carbocycles. The zero-order chi connectivity index (χ0) is 13.8. The van der Waals surface area contributed by atoms with Gasteiger partial charge in [-0.3, -0.25) is 4.68 Å². The Morgan fingerprint density at radius 1 is 1.32 bits per heavy atom. The van der Waals surface area contributed by atoms with E-state index in [0.29, 0.717) is 18.2 Å². The van der Waals surface area contributed by atoms with Gasteiger partial charge < -0.3 is 5.32 Å². The molecule has 2 aromatic rings. The Morgan fingerprint density at radius 2 is 2.11 bits per heavy atom. The molecule has 0 saturated carbocycles. The van der Waals surface area contributed by atoms with E-state index in [1.54, 1.807) is 6.07 Å². The molecule has 0 radical (unpaired) electrons. The smallest absolute Gasteiger partial charge is 0.127 e. The molecule has 3 nitrogen and oxygen atoms in total. The van der Waals surface area contributed by atoms with Crippen LogP contribution in [0, 0.1) is 5.82 Å². The maximum atomic E-state index is 13.7. The van der Waals surface area contributed by atoms with Gasteiger partial charge in [-0.1, -0.05) is 19.9 Å². The maximum absolute atomic E-state index is 13.7. The lowest BCUT2D eigenvalue weighted by atomic mass is 10.1. The van der Waals surface area contributed by atoms with Crippen LogP contribution in [0.3, 0.4) is 0 Å². The molecule has 0 atom stereocenters. The summed E-state index contributed by atoms with van der Waals surface area (Å²) in [6, 6.07) is 5.55. The van der Waals surface area contributed by atoms with E-state index in [2.05, 4.69) is 10.4 Å². The van der Waals surface area contributed by atoms with Crippen LogP contribution in [0.1, 0.15) is 26.3 Å².